The molecule has 0 radical (unpaired) electrons. The van der Waals surface area contributed by atoms with Crippen LogP contribution in [0.5, 0.6) is 0 Å². The number of hydrogen-bond acceptors (Lipinski definition) is 2. The third-order valence-electron chi connectivity index (χ3n) is 10.1. The van der Waals surface area contributed by atoms with E-state index >= 15 is 0 Å². The summed E-state index contributed by atoms with van der Waals surface area (Å²) in [7, 11) is 0. The van der Waals surface area contributed by atoms with Crippen LogP contribution in [0.1, 0.15) is 25.0 Å². The Morgan fingerprint density at radius 3 is 1.45 bits per heavy atom. The first-order chi connectivity index (χ1) is 24.1. The van der Waals surface area contributed by atoms with Gasteiger partial charge in [0.1, 0.15) is 0 Å². The molecule has 2 nitrogen and oxygen atoms in total. The standard InChI is InChI=1S/C47H34N2/c1-47(2)40-26-16-15-25-36(40)37-28-27-35(29-41(37)47)38-30-39(31-17-7-3-8-18-31)45-46(42(38)32-19-9-4-10-20-32)49-44(34-23-13-6-14-24-34)43(48-45)33-21-11-5-12-22-33/h3-30H,1-2H3. The molecule has 7 aromatic carbocycles. The second-order valence-corrected chi connectivity index (χ2v) is 13.4. The van der Waals surface area contributed by atoms with Gasteiger partial charge in [-0.2, -0.15) is 0 Å². The van der Waals surface area contributed by atoms with Crippen molar-refractivity contribution in [3.05, 3.63) is 181 Å². The molecule has 8 aromatic rings. The minimum atomic E-state index is -0.112. The molecule has 49 heavy (non-hydrogen) atoms. The fraction of sp³-hybridized carbons (Fsp3) is 0.0638. The molecule has 0 bridgehead atoms. The molecule has 1 heterocycles. The van der Waals surface area contributed by atoms with Crippen molar-refractivity contribution in [1.29, 1.82) is 0 Å². The van der Waals surface area contributed by atoms with E-state index < -0.39 is 0 Å². The van der Waals surface area contributed by atoms with E-state index in [1.165, 1.54) is 27.8 Å². The van der Waals surface area contributed by atoms with Crippen molar-refractivity contribution in [2.45, 2.75) is 19.3 Å². The molecule has 0 saturated carbocycles. The second kappa shape index (κ2) is 11.5. The Kier molecular flexibility index (Phi) is 6.84. The van der Waals surface area contributed by atoms with Gasteiger partial charge in [0, 0.05) is 27.7 Å². The Morgan fingerprint density at radius 1 is 0.347 bits per heavy atom. The summed E-state index contributed by atoms with van der Waals surface area (Å²) in [6, 6.07) is 60.4. The third-order valence-corrected chi connectivity index (χ3v) is 10.1. The van der Waals surface area contributed by atoms with Crippen molar-refractivity contribution in [1.82, 2.24) is 9.97 Å². The Hall–Kier alpha value is -6.12. The van der Waals surface area contributed by atoms with Gasteiger partial charge in [-0.25, -0.2) is 9.97 Å². The predicted octanol–water partition coefficient (Wildman–Crippen LogP) is 12.3. The first-order valence-corrected chi connectivity index (χ1v) is 16.9. The molecule has 0 unspecified atom stereocenters. The van der Waals surface area contributed by atoms with Crippen molar-refractivity contribution in [3.63, 3.8) is 0 Å². The molecule has 9 rings (SSSR count). The van der Waals surface area contributed by atoms with Gasteiger partial charge in [0.25, 0.3) is 0 Å². The zero-order chi connectivity index (χ0) is 33.0. The summed E-state index contributed by atoms with van der Waals surface area (Å²) < 4.78 is 0. The summed E-state index contributed by atoms with van der Waals surface area (Å²) in [6.07, 6.45) is 0. The zero-order valence-electron chi connectivity index (χ0n) is 27.6. The average Bonchev–Trinajstić information content (AvgIpc) is 3.40. The lowest BCUT2D eigenvalue weighted by atomic mass is 9.81. The van der Waals surface area contributed by atoms with Gasteiger partial charge in [-0.3, -0.25) is 0 Å². The quantitative estimate of drug-likeness (QED) is 0.190. The lowest BCUT2D eigenvalue weighted by Crippen LogP contribution is -2.14. The maximum atomic E-state index is 5.64. The summed E-state index contributed by atoms with van der Waals surface area (Å²) in [6.45, 7) is 4.69. The van der Waals surface area contributed by atoms with Crippen LogP contribution in [0.3, 0.4) is 0 Å². The SMILES string of the molecule is CC1(C)c2ccccc2-c2ccc(-c3cc(-c4ccccc4)c4nc(-c5ccccc5)c(-c5ccccc5)nc4c3-c3ccccc3)cc21. The van der Waals surface area contributed by atoms with E-state index in [9.17, 15) is 0 Å². The molecule has 0 aliphatic heterocycles. The van der Waals surface area contributed by atoms with Gasteiger partial charge in [-0.05, 0) is 56.6 Å². The summed E-state index contributed by atoms with van der Waals surface area (Å²) in [4.78, 5) is 11.2. The Morgan fingerprint density at radius 2 is 0.837 bits per heavy atom. The topological polar surface area (TPSA) is 25.8 Å². The minimum absolute atomic E-state index is 0.112. The van der Waals surface area contributed by atoms with Gasteiger partial charge >= 0.3 is 0 Å². The number of rotatable bonds is 5. The molecular formula is C47H34N2. The maximum Gasteiger partial charge on any atom is 0.0985 e. The number of aromatic nitrogens is 2. The molecule has 1 aromatic heterocycles. The summed E-state index contributed by atoms with van der Waals surface area (Å²) in [5.41, 5.74) is 17.6. The molecule has 232 valence electrons. The Balaban J connectivity index is 1.41. The fourth-order valence-electron chi connectivity index (χ4n) is 7.64. The predicted molar refractivity (Wildman–Crippen MR) is 204 cm³/mol. The number of nitrogens with zero attached hydrogens (tertiary/aromatic N) is 2. The normalized spacial score (nSPS) is 12.9. The summed E-state index contributed by atoms with van der Waals surface area (Å²) >= 11 is 0. The van der Waals surface area contributed by atoms with Crippen LogP contribution in [0.4, 0.5) is 0 Å². The van der Waals surface area contributed by atoms with Crippen LogP contribution in [0.2, 0.25) is 0 Å². The van der Waals surface area contributed by atoms with E-state index in [2.05, 4.69) is 178 Å². The summed E-state index contributed by atoms with van der Waals surface area (Å²) in [5, 5.41) is 0. The van der Waals surface area contributed by atoms with E-state index in [1.807, 2.05) is 6.07 Å². The smallest absolute Gasteiger partial charge is 0.0985 e. The molecule has 1 aliphatic rings. The van der Waals surface area contributed by atoms with Crippen LogP contribution < -0.4 is 0 Å². The monoisotopic (exact) mass is 626 g/mol. The molecule has 0 N–H and O–H groups in total. The van der Waals surface area contributed by atoms with Gasteiger partial charge in [0.05, 0.1) is 22.4 Å². The first-order valence-electron chi connectivity index (χ1n) is 16.9. The highest BCUT2D eigenvalue weighted by atomic mass is 14.8. The van der Waals surface area contributed by atoms with E-state index in [1.54, 1.807) is 0 Å². The molecule has 0 saturated heterocycles. The molecule has 0 atom stereocenters. The summed E-state index contributed by atoms with van der Waals surface area (Å²) in [5.74, 6) is 0. The number of benzene rings is 7. The van der Waals surface area contributed by atoms with Gasteiger partial charge < -0.3 is 0 Å². The fourth-order valence-corrected chi connectivity index (χ4v) is 7.64. The minimum Gasteiger partial charge on any atom is -0.243 e. The van der Waals surface area contributed by atoms with Gasteiger partial charge in [0.15, 0.2) is 0 Å². The van der Waals surface area contributed by atoms with Crippen LogP contribution in [0.15, 0.2) is 170 Å². The average molecular weight is 627 g/mol. The van der Waals surface area contributed by atoms with Gasteiger partial charge in [0.2, 0.25) is 0 Å². The van der Waals surface area contributed by atoms with Crippen molar-refractivity contribution in [2.24, 2.45) is 0 Å². The number of hydrogen-bond donors (Lipinski definition) is 0. The molecular weight excluding hydrogens is 593 g/mol. The van der Waals surface area contributed by atoms with Crippen molar-refractivity contribution >= 4 is 11.0 Å². The molecule has 0 amide bonds. The largest absolute Gasteiger partial charge is 0.243 e. The van der Waals surface area contributed by atoms with E-state index in [0.29, 0.717) is 0 Å². The van der Waals surface area contributed by atoms with Crippen molar-refractivity contribution < 1.29 is 0 Å². The van der Waals surface area contributed by atoms with Crippen LogP contribution in [0, 0.1) is 0 Å². The van der Waals surface area contributed by atoms with Crippen LogP contribution >= 0.6 is 0 Å². The van der Waals surface area contributed by atoms with Crippen molar-refractivity contribution in [2.75, 3.05) is 0 Å². The Bertz CT molecular complexity index is 2480. The van der Waals surface area contributed by atoms with E-state index in [-0.39, 0.29) is 5.41 Å². The highest BCUT2D eigenvalue weighted by Crippen LogP contribution is 2.51. The highest BCUT2D eigenvalue weighted by molar-refractivity contribution is 6.09. The van der Waals surface area contributed by atoms with E-state index in [4.69, 9.17) is 9.97 Å². The lowest BCUT2D eigenvalue weighted by molar-refractivity contribution is 0.660. The van der Waals surface area contributed by atoms with Crippen LogP contribution in [0.25, 0.3) is 78.1 Å². The maximum absolute atomic E-state index is 5.64. The first kappa shape index (κ1) is 29.1. The molecule has 0 fully saturated rings. The van der Waals surface area contributed by atoms with Gasteiger partial charge in [-0.15, -0.1) is 0 Å². The van der Waals surface area contributed by atoms with Gasteiger partial charge in [-0.1, -0.05) is 172 Å². The second-order valence-electron chi connectivity index (χ2n) is 13.4. The number of fused-ring (bicyclic) bond motifs is 4. The zero-order valence-corrected chi connectivity index (χ0v) is 27.6. The molecule has 0 spiro atoms. The van der Waals surface area contributed by atoms with Crippen LogP contribution in [-0.4, -0.2) is 9.97 Å². The van der Waals surface area contributed by atoms with Crippen LogP contribution in [-0.2, 0) is 5.41 Å². The lowest BCUT2D eigenvalue weighted by Gasteiger charge is -2.23. The Labute approximate surface area is 287 Å². The molecule has 1 aliphatic carbocycles. The van der Waals surface area contributed by atoms with Crippen molar-refractivity contribution in [3.8, 4) is 67.0 Å². The highest BCUT2D eigenvalue weighted by Gasteiger charge is 2.35. The van der Waals surface area contributed by atoms with E-state index in [0.717, 1.165) is 61.4 Å². The molecule has 2 heteroatoms. The third kappa shape index (κ3) is 4.79.